The van der Waals surface area contributed by atoms with E-state index in [4.69, 9.17) is 4.52 Å². The quantitative estimate of drug-likeness (QED) is 0.910. The van der Waals surface area contributed by atoms with Gasteiger partial charge in [-0.3, -0.25) is 9.59 Å². The molecule has 7 heteroatoms. The van der Waals surface area contributed by atoms with Gasteiger partial charge in [0, 0.05) is 18.8 Å². The number of carbonyl (C=O) groups excluding carboxylic acids is 1. The highest BCUT2D eigenvalue weighted by molar-refractivity contribution is 6.06. The van der Waals surface area contributed by atoms with E-state index < -0.39 is 11.9 Å². The number of hydrogen-bond donors (Lipinski definition) is 1. The number of aliphatic carboxylic acids is 1. The van der Waals surface area contributed by atoms with E-state index in [1.54, 1.807) is 24.8 Å². The maximum absolute atomic E-state index is 13.0. The van der Waals surface area contributed by atoms with Crippen molar-refractivity contribution < 1.29 is 19.2 Å². The molecule has 1 amide bonds. The highest BCUT2D eigenvalue weighted by Crippen LogP contribution is 2.27. The van der Waals surface area contributed by atoms with E-state index in [2.05, 4.69) is 10.1 Å². The van der Waals surface area contributed by atoms with Gasteiger partial charge in [0.25, 0.3) is 11.6 Å². The van der Waals surface area contributed by atoms with Crippen LogP contribution in [0.5, 0.6) is 0 Å². The molecule has 23 heavy (non-hydrogen) atoms. The first-order valence-electron chi connectivity index (χ1n) is 7.62. The molecule has 0 spiro atoms. The first-order valence-corrected chi connectivity index (χ1v) is 7.62. The third-order valence-corrected chi connectivity index (χ3v) is 4.27. The van der Waals surface area contributed by atoms with E-state index in [9.17, 15) is 14.7 Å². The average Bonchev–Trinajstić information content (AvgIpc) is 2.86. The van der Waals surface area contributed by atoms with Crippen LogP contribution in [0, 0.1) is 25.7 Å². The van der Waals surface area contributed by atoms with Crippen molar-refractivity contribution >= 4 is 23.0 Å². The normalized spacial score (nSPS) is 21.6. The zero-order valence-corrected chi connectivity index (χ0v) is 13.4. The molecule has 2 aromatic heterocycles. The fourth-order valence-electron chi connectivity index (χ4n) is 3.25. The molecular weight excluding hydrogens is 298 g/mol. The molecule has 122 valence electrons. The van der Waals surface area contributed by atoms with Crippen molar-refractivity contribution in [3.63, 3.8) is 0 Å². The number of aromatic nitrogens is 2. The largest absolute Gasteiger partial charge is 0.481 e. The van der Waals surface area contributed by atoms with Crippen LogP contribution in [0.25, 0.3) is 11.1 Å². The minimum atomic E-state index is -0.855. The van der Waals surface area contributed by atoms with Gasteiger partial charge in [0.15, 0.2) is 0 Å². The fraction of sp³-hybridized carbons (Fsp3) is 0.500. The number of nitrogens with zero attached hydrogens (tertiary/aromatic N) is 3. The van der Waals surface area contributed by atoms with Gasteiger partial charge in [-0.05, 0) is 32.3 Å². The Labute approximate surface area is 133 Å². The van der Waals surface area contributed by atoms with Gasteiger partial charge in [0.1, 0.15) is 0 Å². The van der Waals surface area contributed by atoms with Crippen LogP contribution >= 0.6 is 0 Å². The summed E-state index contributed by atoms with van der Waals surface area (Å²) >= 11 is 0. The Kier molecular flexibility index (Phi) is 3.79. The predicted molar refractivity (Wildman–Crippen MR) is 82.1 cm³/mol. The molecular formula is C16H19N3O4. The first-order chi connectivity index (χ1) is 10.9. The number of piperidine rings is 1. The molecule has 0 bridgehead atoms. The van der Waals surface area contributed by atoms with Crippen LogP contribution < -0.4 is 0 Å². The van der Waals surface area contributed by atoms with Gasteiger partial charge >= 0.3 is 5.97 Å². The second-order valence-electron chi connectivity index (χ2n) is 6.35. The summed E-state index contributed by atoms with van der Waals surface area (Å²) in [4.78, 5) is 30.1. The molecule has 0 aliphatic carbocycles. The van der Waals surface area contributed by atoms with Crippen molar-refractivity contribution in [2.75, 3.05) is 13.1 Å². The molecule has 1 saturated heterocycles. The standard InChI is InChI=1S/C16H19N3O4/c1-8-4-11(16(21)22)7-19(6-8)15(20)12-5-9(2)17-14-13(12)10(3)18-23-14/h5,8,11H,4,6-7H2,1-3H3,(H,21,22). The molecule has 0 saturated carbocycles. The number of fused-ring (bicyclic) bond motifs is 1. The first kappa shape index (κ1) is 15.5. The Morgan fingerprint density at radius 1 is 1.35 bits per heavy atom. The lowest BCUT2D eigenvalue weighted by molar-refractivity contribution is -0.143. The van der Waals surface area contributed by atoms with Gasteiger partial charge in [-0.1, -0.05) is 12.1 Å². The summed E-state index contributed by atoms with van der Waals surface area (Å²) in [5, 5.41) is 13.8. The zero-order valence-electron chi connectivity index (χ0n) is 13.4. The smallest absolute Gasteiger partial charge is 0.308 e. The number of likely N-dealkylation sites (tertiary alicyclic amines) is 1. The van der Waals surface area contributed by atoms with Crippen LogP contribution in [0.4, 0.5) is 0 Å². The maximum Gasteiger partial charge on any atom is 0.308 e. The lowest BCUT2D eigenvalue weighted by atomic mass is 9.90. The second-order valence-corrected chi connectivity index (χ2v) is 6.35. The minimum Gasteiger partial charge on any atom is -0.481 e. The molecule has 3 heterocycles. The highest BCUT2D eigenvalue weighted by Gasteiger charge is 2.33. The summed E-state index contributed by atoms with van der Waals surface area (Å²) in [6.07, 6.45) is 0.593. The summed E-state index contributed by atoms with van der Waals surface area (Å²) in [6, 6.07) is 1.71. The van der Waals surface area contributed by atoms with Gasteiger partial charge in [0.05, 0.1) is 22.6 Å². The topological polar surface area (TPSA) is 96.5 Å². The molecule has 2 atom stereocenters. The van der Waals surface area contributed by atoms with E-state index in [-0.39, 0.29) is 18.4 Å². The molecule has 1 aliphatic heterocycles. The van der Waals surface area contributed by atoms with E-state index in [0.29, 0.717) is 41.0 Å². The number of carboxylic acid groups (broad SMARTS) is 1. The average molecular weight is 317 g/mol. The number of rotatable bonds is 2. The van der Waals surface area contributed by atoms with Crippen LogP contribution in [0.15, 0.2) is 10.6 Å². The summed E-state index contributed by atoms with van der Waals surface area (Å²) in [7, 11) is 0. The Bertz CT molecular complexity index is 783. The van der Waals surface area contributed by atoms with E-state index in [1.807, 2.05) is 6.92 Å². The van der Waals surface area contributed by atoms with Crippen molar-refractivity contribution in [1.82, 2.24) is 15.0 Å². The van der Waals surface area contributed by atoms with Crippen molar-refractivity contribution in [3.8, 4) is 0 Å². The fourth-order valence-corrected chi connectivity index (χ4v) is 3.25. The van der Waals surface area contributed by atoms with E-state index in [0.717, 1.165) is 0 Å². The third-order valence-electron chi connectivity index (χ3n) is 4.27. The Morgan fingerprint density at radius 3 is 2.78 bits per heavy atom. The number of carbonyl (C=O) groups is 2. The van der Waals surface area contributed by atoms with E-state index in [1.165, 1.54) is 0 Å². The van der Waals surface area contributed by atoms with Gasteiger partial charge < -0.3 is 14.5 Å². The Morgan fingerprint density at radius 2 is 2.09 bits per heavy atom. The number of pyridine rings is 1. The predicted octanol–water partition coefficient (Wildman–Crippen LogP) is 2.02. The SMILES string of the molecule is Cc1cc(C(=O)N2CC(C)CC(C(=O)O)C2)c2c(C)noc2n1. The van der Waals surface area contributed by atoms with Crippen molar-refractivity contribution in [1.29, 1.82) is 0 Å². The lowest BCUT2D eigenvalue weighted by Gasteiger charge is -2.34. The maximum atomic E-state index is 13.0. The Balaban J connectivity index is 2.00. The highest BCUT2D eigenvalue weighted by atomic mass is 16.5. The van der Waals surface area contributed by atoms with Gasteiger partial charge in [-0.15, -0.1) is 0 Å². The van der Waals surface area contributed by atoms with Crippen molar-refractivity contribution in [2.24, 2.45) is 11.8 Å². The number of amides is 1. The van der Waals surface area contributed by atoms with E-state index >= 15 is 0 Å². The summed E-state index contributed by atoms with van der Waals surface area (Å²) in [5.74, 6) is -1.42. The van der Waals surface area contributed by atoms with Crippen LogP contribution in [0.3, 0.4) is 0 Å². The molecule has 2 unspecified atom stereocenters. The molecule has 1 fully saturated rings. The van der Waals surface area contributed by atoms with Gasteiger partial charge in [-0.25, -0.2) is 4.98 Å². The molecule has 2 aromatic rings. The molecule has 3 rings (SSSR count). The molecule has 1 aliphatic rings. The molecule has 0 aromatic carbocycles. The van der Waals surface area contributed by atoms with Crippen LogP contribution in [-0.2, 0) is 4.79 Å². The minimum absolute atomic E-state index is 0.149. The number of hydrogen-bond acceptors (Lipinski definition) is 5. The summed E-state index contributed by atoms with van der Waals surface area (Å²) in [6.45, 7) is 6.29. The summed E-state index contributed by atoms with van der Waals surface area (Å²) < 4.78 is 5.16. The van der Waals surface area contributed by atoms with Crippen molar-refractivity contribution in [3.05, 3.63) is 23.0 Å². The van der Waals surface area contributed by atoms with Gasteiger partial charge in [-0.2, -0.15) is 0 Å². The van der Waals surface area contributed by atoms with Crippen LogP contribution in [0.1, 0.15) is 35.1 Å². The molecule has 0 radical (unpaired) electrons. The van der Waals surface area contributed by atoms with Crippen LogP contribution in [0.2, 0.25) is 0 Å². The summed E-state index contributed by atoms with van der Waals surface area (Å²) in [5.41, 5.74) is 2.09. The van der Waals surface area contributed by atoms with Crippen LogP contribution in [-0.4, -0.2) is 45.1 Å². The van der Waals surface area contributed by atoms with Gasteiger partial charge in [0.2, 0.25) is 0 Å². The third kappa shape index (κ3) is 2.78. The van der Waals surface area contributed by atoms with Crippen molar-refractivity contribution in [2.45, 2.75) is 27.2 Å². The molecule has 1 N–H and O–H groups in total. The lowest BCUT2D eigenvalue weighted by Crippen LogP contribution is -2.45. The second kappa shape index (κ2) is 5.64. The monoisotopic (exact) mass is 317 g/mol. The number of carboxylic acids is 1. The zero-order chi connectivity index (χ0) is 16.7. The number of aryl methyl sites for hydroxylation is 2. The Hall–Kier alpha value is -2.44. The molecule has 7 nitrogen and oxygen atoms in total.